The maximum absolute atomic E-state index is 12.8. The molecule has 0 unspecified atom stereocenters. The lowest BCUT2D eigenvalue weighted by atomic mass is 10.1. The Morgan fingerprint density at radius 2 is 2.15 bits per heavy atom. The maximum atomic E-state index is 12.8. The molecule has 1 amide bonds. The van der Waals surface area contributed by atoms with Gasteiger partial charge in [0.1, 0.15) is 5.56 Å². The predicted molar refractivity (Wildman–Crippen MR) is 83.8 cm³/mol. The zero-order valence-corrected chi connectivity index (χ0v) is 13.4. The van der Waals surface area contributed by atoms with E-state index in [2.05, 4.69) is 20.6 Å². The Kier molecular flexibility index (Phi) is 4.36. The molecule has 0 aliphatic heterocycles. The average Bonchev–Trinajstić information content (AvgIpc) is 3.19. The van der Waals surface area contributed by atoms with Crippen molar-refractivity contribution in [1.29, 1.82) is 0 Å². The van der Waals surface area contributed by atoms with E-state index in [1.807, 2.05) is 0 Å². The number of nitrogens with two attached hydrogens (primary N) is 1. The van der Waals surface area contributed by atoms with Gasteiger partial charge in [0.15, 0.2) is 5.82 Å². The molecule has 0 aliphatic rings. The quantitative estimate of drug-likeness (QED) is 0.716. The van der Waals surface area contributed by atoms with Gasteiger partial charge in [0.25, 0.3) is 5.91 Å². The van der Waals surface area contributed by atoms with E-state index in [0.717, 1.165) is 12.1 Å². The Balaban J connectivity index is 1.76. The molecular weight excluding hydrogens is 353 g/mol. The lowest BCUT2D eigenvalue weighted by Gasteiger charge is -2.06. The van der Waals surface area contributed by atoms with Gasteiger partial charge >= 0.3 is 6.18 Å². The van der Waals surface area contributed by atoms with Gasteiger partial charge in [0.05, 0.1) is 12.1 Å². The second kappa shape index (κ2) is 6.50. The Bertz CT molecular complexity index is 947. The zero-order valence-electron chi connectivity index (χ0n) is 13.4. The minimum Gasteiger partial charge on any atom is -0.365 e. The Morgan fingerprint density at radius 1 is 1.38 bits per heavy atom. The van der Waals surface area contributed by atoms with Gasteiger partial charge in [0.2, 0.25) is 11.7 Å². The third-order valence-electron chi connectivity index (χ3n) is 3.42. The zero-order chi connectivity index (χ0) is 18.9. The molecule has 0 spiro atoms. The molecule has 0 bridgehead atoms. The monoisotopic (exact) mass is 366 g/mol. The molecule has 0 saturated carbocycles. The molecule has 0 saturated heterocycles. The number of carbonyl (C=O) groups is 1. The van der Waals surface area contributed by atoms with E-state index in [-0.39, 0.29) is 35.2 Å². The van der Waals surface area contributed by atoms with Crippen molar-refractivity contribution in [1.82, 2.24) is 19.9 Å². The number of nitrogens with zero attached hydrogens (tertiary/aromatic N) is 4. The number of rotatable bonds is 5. The van der Waals surface area contributed by atoms with Crippen molar-refractivity contribution in [3.63, 3.8) is 0 Å². The highest BCUT2D eigenvalue weighted by Crippen LogP contribution is 2.31. The number of benzene rings is 1. The van der Waals surface area contributed by atoms with Gasteiger partial charge in [-0.25, -0.2) is 0 Å². The summed E-state index contributed by atoms with van der Waals surface area (Å²) in [7, 11) is 1.62. The van der Waals surface area contributed by atoms with E-state index in [1.165, 1.54) is 23.0 Å². The number of aromatic nitrogens is 4. The van der Waals surface area contributed by atoms with Crippen molar-refractivity contribution in [2.75, 3.05) is 5.32 Å². The molecule has 1 aromatic carbocycles. The maximum Gasteiger partial charge on any atom is 0.416 e. The van der Waals surface area contributed by atoms with Crippen LogP contribution < -0.4 is 11.1 Å². The molecule has 3 N–H and O–H groups in total. The Labute approximate surface area is 144 Å². The Morgan fingerprint density at radius 3 is 2.85 bits per heavy atom. The van der Waals surface area contributed by atoms with Crippen molar-refractivity contribution in [3.05, 3.63) is 47.5 Å². The van der Waals surface area contributed by atoms with Crippen LogP contribution in [0.4, 0.5) is 19.0 Å². The van der Waals surface area contributed by atoms with Crippen LogP contribution >= 0.6 is 0 Å². The number of primary amides is 1. The van der Waals surface area contributed by atoms with Crippen LogP contribution in [0.1, 0.15) is 21.8 Å². The summed E-state index contributed by atoms with van der Waals surface area (Å²) in [4.78, 5) is 15.4. The molecule has 0 atom stereocenters. The topological polar surface area (TPSA) is 112 Å². The summed E-state index contributed by atoms with van der Waals surface area (Å²) in [6, 6.07) is 4.60. The SMILES string of the molecule is Cn1cc(C(N)=O)c(NCc2nc(-c3cccc(C(F)(F)F)c3)no2)n1. The van der Waals surface area contributed by atoms with Gasteiger partial charge in [0, 0.05) is 18.8 Å². The van der Waals surface area contributed by atoms with Crippen molar-refractivity contribution in [2.45, 2.75) is 12.7 Å². The number of hydrogen-bond acceptors (Lipinski definition) is 6. The first kappa shape index (κ1) is 17.5. The van der Waals surface area contributed by atoms with E-state index < -0.39 is 17.6 Å². The first-order chi connectivity index (χ1) is 12.2. The first-order valence-electron chi connectivity index (χ1n) is 7.31. The molecule has 136 valence electrons. The van der Waals surface area contributed by atoms with Gasteiger partial charge in [-0.2, -0.15) is 23.3 Å². The second-order valence-corrected chi connectivity index (χ2v) is 5.37. The van der Waals surface area contributed by atoms with Gasteiger partial charge in [-0.15, -0.1) is 0 Å². The number of anilines is 1. The lowest BCUT2D eigenvalue weighted by Crippen LogP contribution is -2.13. The molecule has 0 aliphatic carbocycles. The molecule has 0 radical (unpaired) electrons. The highest BCUT2D eigenvalue weighted by molar-refractivity contribution is 5.97. The molecule has 3 aromatic rings. The van der Waals surface area contributed by atoms with Crippen molar-refractivity contribution in [2.24, 2.45) is 12.8 Å². The smallest absolute Gasteiger partial charge is 0.365 e. The summed E-state index contributed by atoms with van der Waals surface area (Å²) in [5.74, 6) is -0.294. The molecule has 2 aromatic heterocycles. The molecule has 8 nitrogen and oxygen atoms in total. The largest absolute Gasteiger partial charge is 0.416 e. The van der Waals surface area contributed by atoms with Crippen LogP contribution in [0.3, 0.4) is 0 Å². The fourth-order valence-electron chi connectivity index (χ4n) is 2.24. The predicted octanol–water partition coefficient (Wildman–Crippen LogP) is 2.20. The fraction of sp³-hybridized carbons (Fsp3) is 0.200. The van der Waals surface area contributed by atoms with Crippen LogP contribution in [0.25, 0.3) is 11.4 Å². The normalized spacial score (nSPS) is 11.5. The summed E-state index contributed by atoms with van der Waals surface area (Å²) in [6.07, 6.45) is -3.01. The number of alkyl halides is 3. The van der Waals surface area contributed by atoms with Gasteiger partial charge in [-0.3, -0.25) is 9.48 Å². The number of aryl methyl sites for hydroxylation is 1. The number of halogens is 3. The lowest BCUT2D eigenvalue weighted by molar-refractivity contribution is -0.137. The van der Waals surface area contributed by atoms with Crippen LogP contribution in [-0.2, 0) is 19.8 Å². The summed E-state index contributed by atoms with van der Waals surface area (Å²) >= 11 is 0. The van der Waals surface area contributed by atoms with Crippen LogP contribution in [0, 0.1) is 0 Å². The molecule has 0 fully saturated rings. The highest BCUT2D eigenvalue weighted by Gasteiger charge is 2.30. The van der Waals surface area contributed by atoms with Gasteiger partial charge in [-0.05, 0) is 12.1 Å². The molecule has 2 heterocycles. The Hall–Kier alpha value is -3.37. The molecule has 26 heavy (non-hydrogen) atoms. The summed E-state index contributed by atoms with van der Waals surface area (Å²) in [6.45, 7) is 0.0171. The highest BCUT2D eigenvalue weighted by atomic mass is 19.4. The van der Waals surface area contributed by atoms with Crippen molar-refractivity contribution >= 4 is 11.7 Å². The summed E-state index contributed by atoms with van der Waals surface area (Å²) in [5, 5.41) is 10.5. The molecular formula is C15H13F3N6O2. The number of amides is 1. The number of carbonyl (C=O) groups excluding carboxylic acids is 1. The van der Waals surface area contributed by atoms with Crippen LogP contribution in [0.2, 0.25) is 0 Å². The van der Waals surface area contributed by atoms with E-state index in [1.54, 1.807) is 7.05 Å². The third kappa shape index (κ3) is 3.66. The minimum absolute atomic E-state index is 0.0171. The van der Waals surface area contributed by atoms with E-state index in [4.69, 9.17) is 10.3 Å². The number of nitrogens with one attached hydrogen (secondary N) is 1. The molecule has 3 rings (SSSR count). The summed E-state index contributed by atoms with van der Waals surface area (Å²) in [5.41, 5.74) is 4.80. The third-order valence-corrected chi connectivity index (χ3v) is 3.42. The van der Waals surface area contributed by atoms with Crippen molar-refractivity contribution in [3.8, 4) is 11.4 Å². The van der Waals surface area contributed by atoms with Crippen LogP contribution in [0.15, 0.2) is 35.0 Å². The summed E-state index contributed by atoms with van der Waals surface area (Å²) < 4.78 is 44.8. The number of hydrogen-bond donors (Lipinski definition) is 2. The first-order valence-corrected chi connectivity index (χ1v) is 7.31. The minimum atomic E-state index is -4.46. The standard InChI is InChI=1S/C15H13F3N6O2/c1-24-7-10(12(19)25)14(22-24)20-6-11-21-13(23-26-11)8-3-2-4-9(5-8)15(16,17)18/h2-5,7H,6H2,1H3,(H2,19,25)(H,20,22). The molecule has 11 heteroatoms. The van der Waals surface area contributed by atoms with E-state index >= 15 is 0 Å². The van der Waals surface area contributed by atoms with Gasteiger partial charge < -0.3 is 15.6 Å². The average molecular weight is 366 g/mol. The van der Waals surface area contributed by atoms with E-state index in [0.29, 0.717) is 0 Å². The fourth-order valence-corrected chi connectivity index (χ4v) is 2.24. The van der Waals surface area contributed by atoms with Gasteiger partial charge in [-0.1, -0.05) is 17.3 Å². The van der Waals surface area contributed by atoms with Crippen LogP contribution in [-0.4, -0.2) is 25.8 Å². The van der Waals surface area contributed by atoms with E-state index in [9.17, 15) is 18.0 Å². The second-order valence-electron chi connectivity index (χ2n) is 5.37. The van der Waals surface area contributed by atoms with Crippen molar-refractivity contribution < 1.29 is 22.5 Å². The van der Waals surface area contributed by atoms with Crippen LogP contribution in [0.5, 0.6) is 0 Å².